The fourth-order valence-electron chi connectivity index (χ4n) is 3.88. The standard InChI is InChI=1S/C14H13ClO5S.C12H14ClNO2/c1-21(19,20)8-5-6-9(10(15)7-8)14(18)13-11(16)3-2-4-12(13)17;1-12(2)8-16-14(11(12)15)7-9-5-3-4-6-10(9)13/h5-7,13H,2-4H2,1H3;3-6H,7-8H2,1-2H3. The van der Waals surface area contributed by atoms with E-state index in [9.17, 15) is 27.6 Å². The van der Waals surface area contributed by atoms with Gasteiger partial charge in [-0.05, 0) is 50.1 Å². The number of hydrogen-bond acceptors (Lipinski definition) is 7. The lowest BCUT2D eigenvalue weighted by molar-refractivity contribution is -0.165. The van der Waals surface area contributed by atoms with Crippen molar-refractivity contribution in [1.82, 2.24) is 5.06 Å². The molecule has 2 fully saturated rings. The van der Waals surface area contributed by atoms with Gasteiger partial charge in [0.1, 0.15) is 5.92 Å². The summed E-state index contributed by atoms with van der Waals surface area (Å²) in [5.41, 5.74) is 0.467. The Labute approximate surface area is 225 Å². The first-order valence-electron chi connectivity index (χ1n) is 11.5. The number of amides is 1. The van der Waals surface area contributed by atoms with Gasteiger partial charge in [-0.3, -0.25) is 24.0 Å². The maximum absolute atomic E-state index is 12.3. The second-order valence-corrected chi connectivity index (χ2v) is 12.4. The van der Waals surface area contributed by atoms with Gasteiger partial charge in [0.15, 0.2) is 27.2 Å². The van der Waals surface area contributed by atoms with Crippen LogP contribution in [0.2, 0.25) is 10.0 Å². The highest BCUT2D eigenvalue weighted by molar-refractivity contribution is 7.90. The van der Waals surface area contributed by atoms with Crippen molar-refractivity contribution in [2.45, 2.75) is 44.6 Å². The second kappa shape index (κ2) is 11.4. The molecule has 11 heteroatoms. The molecule has 8 nitrogen and oxygen atoms in total. The fourth-order valence-corrected chi connectivity index (χ4v) is 5.06. The molecular formula is C26H27Cl2NO7S. The number of benzene rings is 2. The summed E-state index contributed by atoms with van der Waals surface area (Å²) >= 11 is 12.0. The zero-order chi connectivity index (χ0) is 27.5. The monoisotopic (exact) mass is 567 g/mol. The van der Waals surface area contributed by atoms with Crippen LogP contribution in [-0.4, -0.2) is 49.6 Å². The van der Waals surface area contributed by atoms with Crippen LogP contribution in [0.15, 0.2) is 47.4 Å². The van der Waals surface area contributed by atoms with E-state index in [1.54, 1.807) is 0 Å². The van der Waals surface area contributed by atoms with Crippen LogP contribution in [0.1, 0.15) is 49.0 Å². The molecule has 1 aliphatic heterocycles. The molecule has 0 atom stereocenters. The molecule has 1 amide bonds. The SMILES string of the molecule is CC1(C)CON(Cc2ccccc2Cl)C1=O.CS(=O)(=O)c1ccc(C(=O)C2C(=O)CCCC2=O)c(Cl)c1. The molecule has 4 rings (SSSR count). The quantitative estimate of drug-likeness (QED) is 0.385. The highest BCUT2D eigenvalue weighted by Gasteiger charge is 2.40. The van der Waals surface area contributed by atoms with E-state index in [1.807, 2.05) is 38.1 Å². The van der Waals surface area contributed by atoms with Crippen LogP contribution in [0.5, 0.6) is 0 Å². The van der Waals surface area contributed by atoms with Crippen molar-refractivity contribution < 1.29 is 32.4 Å². The largest absolute Gasteiger partial charge is 0.298 e. The minimum Gasteiger partial charge on any atom is -0.298 e. The molecule has 2 aromatic carbocycles. The van der Waals surface area contributed by atoms with Gasteiger partial charge in [0, 0.05) is 29.7 Å². The van der Waals surface area contributed by atoms with Crippen molar-refractivity contribution in [3.63, 3.8) is 0 Å². The Hall–Kier alpha value is -2.59. The maximum atomic E-state index is 12.3. The summed E-state index contributed by atoms with van der Waals surface area (Å²) in [6, 6.07) is 11.1. The van der Waals surface area contributed by atoms with Crippen LogP contribution in [0.4, 0.5) is 0 Å². The van der Waals surface area contributed by atoms with Crippen molar-refractivity contribution >= 4 is 56.3 Å². The number of carbonyl (C=O) groups is 4. The van der Waals surface area contributed by atoms with Gasteiger partial charge in [-0.15, -0.1) is 0 Å². The zero-order valence-electron chi connectivity index (χ0n) is 20.6. The van der Waals surface area contributed by atoms with E-state index in [4.69, 9.17) is 28.0 Å². The van der Waals surface area contributed by atoms with Crippen LogP contribution in [0.3, 0.4) is 0 Å². The lowest BCUT2D eigenvalue weighted by Gasteiger charge is -2.18. The third-order valence-corrected chi connectivity index (χ3v) is 7.84. The van der Waals surface area contributed by atoms with Gasteiger partial charge in [-0.1, -0.05) is 41.4 Å². The van der Waals surface area contributed by atoms with Crippen molar-refractivity contribution in [3.8, 4) is 0 Å². The molecule has 0 radical (unpaired) electrons. The highest BCUT2D eigenvalue weighted by atomic mass is 35.5. The molecule has 0 N–H and O–H groups in total. The number of Topliss-reactive ketones (excluding diaryl/α,β-unsaturated/α-hetero) is 3. The number of rotatable bonds is 5. The first kappa shape index (κ1) is 29.0. The molecule has 1 saturated carbocycles. The van der Waals surface area contributed by atoms with Gasteiger partial charge >= 0.3 is 0 Å². The Morgan fingerprint density at radius 1 is 1.03 bits per heavy atom. The van der Waals surface area contributed by atoms with E-state index in [-0.39, 0.29) is 34.2 Å². The third kappa shape index (κ3) is 6.84. The summed E-state index contributed by atoms with van der Waals surface area (Å²) in [6.45, 7) is 4.59. The number of sulfone groups is 1. The predicted octanol–water partition coefficient (Wildman–Crippen LogP) is 4.50. The minimum absolute atomic E-state index is 0.00216. The van der Waals surface area contributed by atoms with Crippen molar-refractivity contribution in [2.75, 3.05) is 12.9 Å². The number of ketones is 3. The molecule has 0 aromatic heterocycles. The molecule has 1 saturated heterocycles. The average Bonchev–Trinajstić information content (AvgIpc) is 3.07. The van der Waals surface area contributed by atoms with Crippen molar-refractivity contribution in [2.24, 2.45) is 11.3 Å². The molecule has 0 unspecified atom stereocenters. The number of carbonyl (C=O) groups excluding carboxylic acids is 4. The zero-order valence-corrected chi connectivity index (χ0v) is 23.0. The fraction of sp³-hybridized carbons (Fsp3) is 0.385. The van der Waals surface area contributed by atoms with E-state index in [1.165, 1.54) is 17.2 Å². The van der Waals surface area contributed by atoms with Crippen LogP contribution in [-0.2, 0) is 35.6 Å². The minimum atomic E-state index is -3.44. The van der Waals surface area contributed by atoms with Crippen LogP contribution in [0, 0.1) is 11.3 Å². The van der Waals surface area contributed by atoms with Gasteiger partial charge in [0.25, 0.3) is 5.91 Å². The summed E-state index contributed by atoms with van der Waals surface area (Å²) < 4.78 is 22.8. The first-order valence-corrected chi connectivity index (χ1v) is 14.1. The van der Waals surface area contributed by atoms with Crippen LogP contribution < -0.4 is 0 Å². The summed E-state index contributed by atoms with van der Waals surface area (Å²) in [5.74, 6) is -2.76. The Balaban J connectivity index is 0.000000213. The van der Waals surface area contributed by atoms with Crippen molar-refractivity contribution in [1.29, 1.82) is 0 Å². The molecule has 2 aromatic rings. The number of halogens is 2. The molecular weight excluding hydrogens is 541 g/mol. The second-order valence-electron chi connectivity index (χ2n) is 9.59. The van der Waals surface area contributed by atoms with E-state index in [0.717, 1.165) is 17.9 Å². The van der Waals surface area contributed by atoms with E-state index in [0.29, 0.717) is 24.6 Å². The normalized spacial score (nSPS) is 18.0. The average molecular weight is 568 g/mol. The Morgan fingerprint density at radius 2 is 1.65 bits per heavy atom. The van der Waals surface area contributed by atoms with Crippen molar-refractivity contribution in [3.05, 3.63) is 63.6 Å². The molecule has 1 aliphatic carbocycles. The summed E-state index contributed by atoms with van der Waals surface area (Å²) in [7, 11) is -3.44. The summed E-state index contributed by atoms with van der Waals surface area (Å²) in [5, 5.41) is 1.97. The molecule has 1 heterocycles. The van der Waals surface area contributed by atoms with Crippen LogP contribution in [0.25, 0.3) is 0 Å². The molecule has 0 bridgehead atoms. The predicted molar refractivity (Wildman–Crippen MR) is 138 cm³/mol. The molecule has 2 aliphatic rings. The van der Waals surface area contributed by atoms with E-state index >= 15 is 0 Å². The number of hydroxylamine groups is 2. The molecule has 37 heavy (non-hydrogen) atoms. The Bertz CT molecular complexity index is 1340. The summed E-state index contributed by atoms with van der Waals surface area (Å²) in [6.07, 6.45) is 1.87. The highest BCUT2D eigenvalue weighted by Crippen LogP contribution is 2.30. The van der Waals surface area contributed by atoms with Gasteiger partial charge in [-0.25, -0.2) is 13.5 Å². The van der Waals surface area contributed by atoms with Gasteiger partial charge in [-0.2, -0.15) is 0 Å². The smallest absolute Gasteiger partial charge is 0.254 e. The van der Waals surface area contributed by atoms with Gasteiger partial charge in [0.05, 0.1) is 28.5 Å². The lowest BCUT2D eigenvalue weighted by Crippen LogP contribution is -2.35. The van der Waals surface area contributed by atoms with Gasteiger partial charge in [0.2, 0.25) is 0 Å². The number of hydrogen-bond donors (Lipinski definition) is 0. The summed E-state index contributed by atoms with van der Waals surface area (Å²) in [4.78, 5) is 53.1. The topological polar surface area (TPSA) is 115 Å². The van der Waals surface area contributed by atoms with Crippen LogP contribution >= 0.6 is 23.2 Å². The maximum Gasteiger partial charge on any atom is 0.254 e. The Kier molecular flexibility index (Phi) is 8.95. The molecule has 198 valence electrons. The number of nitrogens with zero attached hydrogens (tertiary/aromatic N) is 1. The van der Waals surface area contributed by atoms with E-state index in [2.05, 4.69) is 0 Å². The lowest BCUT2D eigenvalue weighted by atomic mass is 9.82. The van der Waals surface area contributed by atoms with E-state index < -0.39 is 38.5 Å². The van der Waals surface area contributed by atoms with Gasteiger partial charge < -0.3 is 0 Å². The third-order valence-electron chi connectivity index (χ3n) is 6.05. The molecule has 0 spiro atoms. The first-order chi connectivity index (χ1) is 17.2. The Morgan fingerprint density at radius 3 is 2.16 bits per heavy atom.